The Kier molecular flexibility index (Phi) is 4.90. The van der Waals surface area contributed by atoms with Crippen LogP contribution in [-0.4, -0.2) is 48.1 Å². The van der Waals surface area contributed by atoms with Crippen molar-refractivity contribution in [2.45, 2.75) is 13.8 Å². The summed E-state index contributed by atoms with van der Waals surface area (Å²) in [7, 11) is 1.88. The molecule has 2 heterocycles. The van der Waals surface area contributed by atoms with E-state index >= 15 is 0 Å². The lowest BCUT2D eigenvalue weighted by molar-refractivity contribution is 0.101. The van der Waals surface area contributed by atoms with Crippen molar-refractivity contribution in [3.63, 3.8) is 0 Å². The van der Waals surface area contributed by atoms with Crippen molar-refractivity contribution in [3.05, 3.63) is 47.8 Å². The molecule has 0 unspecified atom stereocenters. The highest BCUT2D eigenvalue weighted by molar-refractivity contribution is 6.03. The molecule has 0 radical (unpaired) electrons. The van der Waals surface area contributed by atoms with Crippen LogP contribution in [0.15, 0.2) is 36.5 Å². The second kappa shape index (κ2) is 7.09. The number of amides is 1. The van der Waals surface area contributed by atoms with Crippen molar-refractivity contribution in [1.82, 2.24) is 9.47 Å². The predicted molar refractivity (Wildman–Crippen MR) is 98.9 cm³/mol. The van der Waals surface area contributed by atoms with E-state index in [1.807, 2.05) is 42.9 Å². The van der Waals surface area contributed by atoms with Gasteiger partial charge >= 0.3 is 0 Å². The molecule has 1 fully saturated rings. The van der Waals surface area contributed by atoms with E-state index in [9.17, 15) is 4.79 Å². The number of nitrogens with one attached hydrogen (secondary N) is 1. The van der Waals surface area contributed by atoms with Gasteiger partial charge in [0.25, 0.3) is 5.91 Å². The molecule has 2 aromatic rings. The molecule has 0 spiro atoms. The Morgan fingerprint density at radius 3 is 2.50 bits per heavy atom. The third-order valence-electron chi connectivity index (χ3n) is 4.82. The van der Waals surface area contributed by atoms with Gasteiger partial charge in [-0.25, -0.2) is 0 Å². The molecular weight excluding hydrogens is 300 g/mol. The molecule has 0 aliphatic carbocycles. The van der Waals surface area contributed by atoms with Gasteiger partial charge in [-0.2, -0.15) is 0 Å². The summed E-state index contributed by atoms with van der Waals surface area (Å²) in [4.78, 5) is 17.2. The SMILES string of the molecule is CCN1CCN(c2ccc(NC(=O)c3cccn3C)c(C)c2)CC1. The summed E-state index contributed by atoms with van der Waals surface area (Å²) in [6.45, 7) is 9.72. The number of piperazine rings is 1. The molecule has 1 aromatic heterocycles. The van der Waals surface area contributed by atoms with Crippen LogP contribution in [0, 0.1) is 6.92 Å². The predicted octanol–water partition coefficient (Wildman–Crippen LogP) is 2.73. The van der Waals surface area contributed by atoms with Gasteiger partial charge < -0.3 is 19.7 Å². The number of aryl methyl sites for hydroxylation is 2. The van der Waals surface area contributed by atoms with Gasteiger partial charge in [0.2, 0.25) is 0 Å². The molecule has 1 aliphatic heterocycles. The maximum absolute atomic E-state index is 12.4. The Morgan fingerprint density at radius 2 is 1.92 bits per heavy atom. The third-order valence-corrected chi connectivity index (χ3v) is 4.82. The van der Waals surface area contributed by atoms with Crippen LogP contribution in [0.1, 0.15) is 23.0 Å². The molecule has 1 saturated heterocycles. The fraction of sp³-hybridized carbons (Fsp3) is 0.421. The Labute approximate surface area is 143 Å². The van der Waals surface area contributed by atoms with Gasteiger partial charge in [0.1, 0.15) is 5.69 Å². The molecule has 0 atom stereocenters. The van der Waals surface area contributed by atoms with Crippen molar-refractivity contribution in [2.24, 2.45) is 7.05 Å². The second-order valence-corrected chi connectivity index (χ2v) is 6.38. The molecule has 1 N–H and O–H groups in total. The number of nitrogens with zero attached hydrogens (tertiary/aromatic N) is 3. The molecule has 3 rings (SSSR count). The van der Waals surface area contributed by atoms with E-state index in [0.29, 0.717) is 5.69 Å². The lowest BCUT2D eigenvalue weighted by Gasteiger charge is -2.35. The number of carbonyl (C=O) groups excluding carboxylic acids is 1. The number of benzene rings is 1. The first kappa shape index (κ1) is 16.6. The van der Waals surface area contributed by atoms with Gasteiger partial charge in [0.05, 0.1) is 0 Å². The summed E-state index contributed by atoms with van der Waals surface area (Å²) < 4.78 is 1.83. The zero-order valence-corrected chi connectivity index (χ0v) is 14.7. The number of anilines is 2. The Bertz CT molecular complexity index is 714. The number of hydrogen-bond donors (Lipinski definition) is 1. The zero-order chi connectivity index (χ0) is 17.1. The lowest BCUT2D eigenvalue weighted by Crippen LogP contribution is -2.46. The molecule has 5 nitrogen and oxygen atoms in total. The summed E-state index contributed by atoms with van der Waals surface area (Å²) in [5.74, 6) is -0.0742. The molecule has 5 heteroatoms. The van der Waals surface area contributed by atoms with Gasteiger partial charge in [-0.05, 0) is 49.4 Å². The average Bonchev–Trinajstić information content (AvgIpc) is 3.03. The minimum Gasteiger partial charge on any atom is -0.369 e. The Hall–Kier alpha value is -2.27. The molecule has 1 amide bonds. The average molecular weight is 326 g/mol. The first-order valence-electron chi connectivity index (χ1n) is 8.59. The quantitative estimate of drug-likeness (QED) is 0.939. The zero-order valence-electron chi connectivity index (χ0n) is 14.7. The second-order valence-electron chi connectivity index (χ2n) is 6.38. The highest BCUT2D eigenvalue weighted by Crippen LogP contribution is 2.24. The number of hydrogen-bond acceptors (Lipinski definition) is 3. The Balaban J connectivity index is 1.69. The van der Waals surface area contributed by atoms with E-state index in [1.54, 1.807) is 0 Å². The molecule has 128 valence electrons. The molecule has 1 aromatic carbocycles. The standard InChI is InChI=1S/C19H26N4O/c1-4-22-10-12-23(13-11-22)16-7-8-17(15(2)14-16)20-19(24)18-6-5-9-21(18)3/h5-9,14H,4,10-13H2,1-3H3,(H,20,24). The van der Waals surface area contributed by atoms with Crippen LogP contribution in [0.25, 0.3) is 0 Å². The van der Waals surface area contributed by atoms with E-state index < -0.39 is 0 Å². The van der Waals surface area contributed by atoms with E-state index in [2.05, 4.69) is 34.2 Å². The monoisotopic (exact) mass is 326 g/mol. The van der Waals surface area contributed by atoms with Crippen molar-refractivity contribution in [1.29, 1.82) is 0 Å². The summed E-state index contributed by atoms with van der Waals surface area (Å²) in [5, 5.41) is 3.01. The fourth-order valence-electron chi connectivity index (χ4n) is 3.19. The summed E-state index contributed by atoms with van der Waals surface area (Å²) in [6.07, 6.45) is 1.88. The van der Waals surface area contributed by atoms with Crippen LogP contribution < -0.4 is 10.2 Å². The van der Waals surface area contributed by atoms with Crippen molar-refractivity contribution >= 4 is 17.3 Å². The largest absolute Gasteiger partial charge is 0.369 e. The smallest absolute Gasteiger partial charge is 0.272 e. The minimum atomic E-state index is -0.0742. The van der Waals surface area contributed by atoms with Gasteiger partial charge in [-0.1, -0.05) is 6.92 Å². The number of aromatic nitrogens is 1. The molecule has 0 bridgehead atoms. The van der Waals surface area contributed by atoms with Gasteiger partial charge in [0, 0.05) is 50.8 Å². The molecule has 0 saturated carbocycles. The first-order valence-corrected chi connectivity index (χ1v) is 8.59. The Morgan fingerprint density at radius 1 is 1.17 bits per heavy atom. The number of carbonyl (C=O) groups is 1. The van der Waals surface area contributed by atoms with Gasteiger partial charge in [0.15, 0.2) is 0 Å². The number of likely N-dealkylation sites (N-methyl/N-ethyl adjacent to an activating group) is 1. The third kappa shape index (κ3) is 3.46. The molecule has 1 aliphatic rings. The van der Waals surface area contributed by atoms with E-state index in [4.69, 9.17) is 0 Å². The summed E-state index contributed by atoms with van der Waals surface area (Å²) in [6, 6.07) is 9.99. The van der Waals surface area contributed by atoms with Crippen LogP contribution >= 0.6 is 0 Å². The maximum Gasteiger partial charge on any atom is 0.272 e. The summed E-state index contributed by atoms with van der Waals surface area (Å²) in [5.41, 5.74) is 3.86. The van der Waals surface area contributed by atoms with E-state index in [1.165, 1.54) is 5.69 Å². The first-order chi connectivity index (χ1) is 11.6. The van der Waals surface area contributed by atoms with E-state index in [-0.39, 0.29) is 5.91 Å². The van der Waals surface area contributed by atoms with Crippen molar-refractivity contribution in [3.8, 4) is 0 Å². The maximum atomic E-state index is 12.4. The van der Waals surface area contributed by atoms with Crippen LogP contribution in [0.4, 0.5) is 11.4 Å². The normalized spacial score (nSPS) is 15.5. The minimum absolute atomic E-state index is 0.0742. The molecular formula is C19H26N4O. The van der Waals surface area contributed by atoms with Crippen LogP contribution in [-0.2, 0) is 7.05 Å². The molecule has 24 heavy (non-hydrogen) atoms. The fourth-order valence-corrected chi connectivity index (χ4v) is 3.19. The van der Waals surface area contributed by atoms with E-state index in [0.717, 1.165) is 44.0 Å². The van der Waals surface area contributed by atoms with Crippen molar-refractivity contribution in [2.75, 3.05) is 42.9 Å². The van der Waals surface area contributed by atoms with Crippen LogP contribution in [0.2, 0.25) is 0 Å². The highest BCUT2D eigenvalue weighted by Gasteiger charge is 2.17. The van der Waals surface area contributed by atoms with Crippen molar-refractivity contribution < 1.29 is 4.79 Å². The number of rotatable bonds is 4. The van der Waals surface area contributed by atoms with Gasteiger partial charge in [-0.15, -0.1) is 0 Å². The topological polar surface area (TPSA) is 40.5 Å². The van der Waals surface area contributed by atoms with Gasteiger partial charge in [-0.3, -0.25) is 4.79 Å². The van der Waals surface area contributed by atoms with Crippen LogP contribution in [0.5, 0.6) is 0 Å². The van der Waals surface area contributed by atoms with Crippen LogP contribution in [0.3, 0.4) is 0 Å². The lowest BCUT2D eigenvalue weighted by atomic mass is 10.1. The summed E-state index contributed by atoms with van der Waals surface area (Å²) >= 11 is 0. The highest BCUT2D eigenvalue weighted by atomic mass is 16.1.